The molecule has 1 fully saturated rings. The lowest BCUT2D eigenvalue weighted by Crippen LogP contribution is -2.51. The van der Waals surface area contributed by atoms with Crippen LogP contribution in [0.1, 0.15) is 24.0 Å². The van der Waals surface area contributed by atoms with E-state index in [2.05, 4.69) is 49.8 Å². The molecular formula is C25H28F2N6. The summed E-state index contributed by atoms with van der Waals surface area (Å²) in [4.78, 5) is 5.87. The topological polar surface area (TPSA) is 61.8 Å². The number of aromatic nitrogens is 4. The molecule has 6 nitrogen and oxygen atoms in total. The molecule has 1 atom stereocenters. The Balaban J connectivity index is 1.19. The molecule has 1 saturated heterocycles. The van der Waals surface area contributed by atoms with Gasteiger partial charge in [0.25, 0.3) is 0 Å². The molecule has 8 heteroatoms. The van der Waals surface area contributed by atoms with Gasteiger partial charge < -0.3 is 10.3 Å². The van der Waals surface area contributed by atoms with Crippen LogP contribution in [0.3, 0.4) is 0 Å². The molecule has 0 bridgehead atoms. The van der Waals surface area contributed by atoms with E-state index in [1.807, 2.05) is 4.57 Å². The summed E-state index contributed by atoms with van der Waals surface area (Å²) >= 11 is 0. The van der Waals surface area contributed by atoms with Crippen molar-refractivity contribution in [3.8, 4) is 5.69 Å². The second-order valence-corrected chi connectivity index (χ2v) is 8.70. The third-order valence-electron chi connectivity index (χ3n) is 6.60. The molecule has 1 aliphatic rings. The summed E-state index contributed by atoms with van der Waals surface area (Å²) in [5.74, 6) is -1.56. The zero-order chi connectivity index (χ0) is 22.6. The number of rotatable bonds is 8. The van der Waals surface area contributed by atoms with Crippen molar-refractivity contribution in [2.45, 2.75) is 31.7 Å². The van der Waals surface area contributed by atoms with E-state index in [9.17, 15) is 8.78 Å². The fraction of sp³-hybridized carbons (Fsp3) is 0.360. The molecule has 1 aliphatic heterocycles. The number of piperazine rings is 1. The van der Waals surface area contributed by atoms with Crippen LogP contribution in [0.2, 0.25) is 0 Å². The highest BCUT2D eigenvalue weighted by Crippen LogP contribution is 2.24. The smallest absolute Gasteiger partial charge is 0.159 e. The van der Waals surface area contributed by atoms with Gasteiger partial charge in [0.05, 0.1) is 0 Å². The molecule has 3 heterocycles. The van der Waals surface area contributed by atoms with Crippen molar-refractivity contribution in [1.29, 1.82) is 0 Å². The Morgan fingerprint density at radius 3 is 2.73 bits per heavy atom. The number of H-pyrrole nitrogens is 1. The second-order valence-electron chi connectivity index (χ2n) is 8.70. The van der Waals surface area contributed by atoms with Crippen LogP contribution in [-0.2, 0) is 12.8 Å². The third-order valence-corrected chi connectivity index (χ3v) is 6.60. The van der Waals surface area contributed by atoms with Gasteiger partial charge in [-0.3, -0.25) is 9.47 Å². The minimum atomic E-state index is -0.787. The van der Waals surface area contributed by atoms with Crippen LogP contribution in [0.25, 0.3) is 16.6 Å². The largest absolute Gasteiger partial charge is 0.361 e. The summed E-state index contributed by atoms with van der Waals surface area (Å²) in [6, 6.07) is 11.0. The van der Waals surface area contributed by atoms with Gasteiger partial charge in [-0.05, 0) is 67.1 Å². The number of fused-ring (bicyclic) bond motifs is 1. The Morgan fingerprint density at radius 2 is 1.88 bits per heavy atom. The summed E-state index contributed by atoms with van der Waals surface area (Å²) in [7, 11) is 0. The normalized spacial score (nSPS) is 17.1. The number of aromatic amines is 1. The molecule has 0 saturated carbocycles. The van der Waals surface area contributed by atoms with E-state index in [4.69, 9.17) is 0 Å². The molecule has 5 rings (SSSR count). The number of nitrogens with one attached hydrogen (secondary N) is 2. The Morgan fingerprint density at radius 1 is 1.00 bits per heavy atom. The summed E-state index contributed by atoms with van der Waals surface area (Å²) < 4.78 is 28.6. The van der Waals surface area contributed by atoms with Gasteiger partial charge in [0.1, 0.15) is 12.7 Å². The minimum Gasteiger partial charge on any atom is -0.361 e. The maximum Gasteiger partial charge on any atom is 0.159 e. The number of halogens is 2. The zero-order valence-corrected chi connectivity index (χ0v) is 18.5. The molecule has 4 aromatic rings. The van der Waals surface area contributed by atoms with Crippen molar-refractivity contribution < 1.29 is 8.78 Å². The van der Waals surface area contributed by atoms with Crippen LogP contribution < -0.4 is 5.32 Å². The van der Waals surface area contributed by atoms with Gasteiger partial charge in [-0.1, -0.05) is 6.07 Å². The van der Waals surface area contributed by atoms with Crippen LogP contribution in [0.4, 0.5) is 8.78 Å². The van der Waals surface area contributed by atoms with Crippen LogP contribution in [-0.4, -0.2) is 56.9 Å². The lowest BCUT2D eigenvalue weighted by Gasteiger charge is -2.36. The van der Waals surface area contributed by atoms with E-state index in [0.29, 0.717) is 6.04 Å². The standard InChI is InChI=1S/C25H28F2N6/c26-23-6-4-18(12-24(23)27)8-10-32-11-9-28-15-21(32)3-1-2-19-14-29-25-7-5-20(13-22(19)25)33-16-30-31-17-33/h4-7,12-14,16-17,21,28-29H,1-3,8-11,15H2. The summed E-state index contributed by atoms with van der Waals surface area (Å²) in [5, 5.41) is 12.5. The van der Waals surface area contributed by atoms with Crippen molar-refractivity contribution in [3.63, 3.8) is 0 Å². The van der Waals surface area contributed by atoms with E-state index >= 15 is 0 Å². The lowest BCUT2D eigenvalue weighted by molar-refractivity contribution is 0.153. The zero-order valence-electron chi connectivity index (χ0n) is 18.5. The van der Waals surface area contributed by atoms with Gasteiger partial charge in [0, 0.05) is 55.0 Å². The summed E-state index contributed by atoms with van der Waals surface area (Å²) in [6.45, 7) is 3.75. The van der Waals surface area contributed by atoms with Crippen LogP contribution in [0, 0.1) is 11.6 Å². The number of benzene rings is 2. The molecule has 172 valence electrons. The van der Waals surface area contributed by atoms with Crippen LogP contribution >= 0.6 is 0 Å². The first-order valence-electron chi connectivity index (χ1n) is 11.5. The van der Waals surface area contributed by atoms with Gasteiger partial charge in [-0.15, -0.1) is 10.2 Å². The van der Waals surface area contributed by atoms with Gasteiger partial charge in [-0.25, -0.2) is 8.78 Å². The molecule has 0 amide bonds. The lowest BCUT2D eigenvalue weighted by atomic mass is 10.0. The number of aryl methyl sites for hydroxylation is 1. The fourth-order valence-electron chi connectivity index (χ4n) is 4.75. The number of hydrogen-bond donors (Lipinski definition) is 2. The highest BCUT2D eigenvalue weighted by atomic mass is 19.2. The van der Waals surface area contributed by atoms with Crippen molar-refractivity contribution in [2.75, 3.05) is 26.2 Å². The van der Waals surface area contributed by atoms with Crippen molar-refractivity contribution in [2.24, 2.45) is 0 Å². The van der Waals surface area contributed by atoms with E-state index in [0.717, 1.165) is 68.6 Å². The third kappa shape index (κ3) is 4.96. The highest BCUT2D eigenvalue weighted by Gasteiger charge is 2.21. The Bertz CT molecular complexity index is 1200. The maximum absolute atomic E-state index is 13.5. The fourth-order valence-corrected chi connectivity index (χ4v) is 4.75. The first-order chi connectivity index (χ1) is 16.2. The molecular weight excluding hydrogens is 422 g/mol. The molecule has 2 N–H and O–H groups in total. The van der Waals surface area contributed by atoms with Crippen molar-refractivity contribution in [1.82, 2.24) is 30.0 Å². The van der Waals surface area contributed by atoms with E-state index in [1.54, 1.807) is 18.7 Å². The Kier molecular flexibility index (Phi) is 6.46. The molecule has 2 aromatic carbocycles. The SMILES string of the molecule is Fc1ccc(CCN2CCNCC2CCCc2c[nH]c3ccc(-n4cnnc4)cc23)cc1F. The highest BCUT2D eigenvalue weighted by molar-refractivity contribution is 5.85. The van der Waals surface area contributed by atoms with E-state index in [1.165, 1.54) is 23.1 Å². The minimum absolute atomic E-state index is 0.446. The predicted molar refractivity (Wildman–Crippen MR) is 124 cm³/mol. The Labute approximate surface area is 191 Å². The second kappa shape index (κ2) is 9.80. The number of nitrogens with zero attached hydrogens (tertiary/aromatic N) is 4. The Hall–Kier alpha value is -3.10. The van der Waals surface area contributed by atoms with Gasteiger partial charge in [-0.2, -0.15) is 0 Å². The van der Waals surface area contributed by atoms with Crippen LogP contribution in [0.15, 0.2) is 55.2 Å². The van der Waals surface area contributed by atoms with E-state index in [-0.39, 0.29) is 0 Å². The maximum atomic E-state index is 13.5. The van der Waals surface area contributed by atoms with Crippen LogP contribution in [0.5, 0.6) is 0 Å². The molecule has 1 unspecified atom stereocenters. The summed E-state index contributed by atoms with van der Waals surface area (Å²) in [6.07, 6.45) is 9.42. The average molecular weight is 451 g/mol. The van der Waals surface area contributed by atoms with Crippen molar-refractivity contribution >= 4 is 10.9 Å². The first-order valence-corrected chi connectivity index (χ1v) is 11.5. The average Bonchev–Trinajstić information content (AvgIpc) is 3.51. The molecule has 0 spiro atoms. The van der Waals surface area contributed by atoms with Gasteiger partial charge in [0.2, 0.25) is 0 Å². The van der Waals surface area contributed by atoms with Gasteiger partial charge >= 0.3 is 0 Å². The predicted octanol–water partition coefficient (Wildman–Crippen LogP) is 3.87. The van der Waals surface area contributed by atoms with Gasteiger partial charge in [0.15, 0.2) is 11.6 Å². The summed E-state index contributed by atoms with van der Waals surface area (Å²) in [5.41, 5.74) is 4.34. The molecule has 0 aliphatic carbocycles. The molecule has 33 heavy (non-hydrogen) atoms. The molecule has 2 aromatic heterocycles. The number of hydrogen-bond acceptors (Lipinski definition) is 4. The monoisotopic (exact) mass is 450 g/mol. The first kappa shape index (κ1) is 21.7. The van der Waals surface area contributed by atoms with E-state index < -0.39 is 11.6 Å². The molecule has 0 radical (unpaired) electrons. The van der Waals surface area contributed by atoms with Crippen molar-refractivity contribution in [3.05, 3.63) is 78.0 Å². The quantitative estimate of drug-likeness (QED) is 0.428.